The smallest absolute Gasteiger partial charge is 0.200 e. The summed E-state index contributed by atoms with van der Waals surface area (Å²) in [6.45, 7) is 6.00. The predicted molar refractivity (Wildman–Crippen MR) is 76.9 cm³/mol. The molecule has 0 unspecified atom stereocenters. The van der Waals surface area contributed by atoms with Crippen molar-refractivity contribution in [3.63, 3.8) is 0 Å². The molecule has 0 aliphatic heterocycles. The Morgan fingerprint density at radius 3 is 2.47 bits per heavy atom. The Morgan fingerprint density at radius 2 is 1.74 bits per heavy atom. The predicted octanol–water partition coefficient (Wildman–Crippen LogP) is 3.87. The Labute approximate surface area is 114 Å². The number of rotatable bonds is 4. The van der Waals surface area contributed by atoms with Crippen LogP contribution in [-0.4, -0.2) is 12.4 Å². The van der Waals surface area contributed by atoms with Crippen LogP contribution in [0.15, 0.2) is 42.5 Å². The molecule has 0 saturated heterocycles. The maximum atomic E-state index is 12.1. The van der Waals surface area contributed by atoms with Crippen molar-refractivity contribution in [2.75, 3.05) is 6.61 Å². The first-order chi connectivity index (χ1) is 9.08. The quantitative estimate of drug-likeness (QED) is 0.774. The van der Waals surface area contributed by atoms with Gasteiger partial charge in [-0.15, -0.1) is 0 Å². The largest absolute Gasteiger partial charge is 0.485 e. The summed E-state index contributed by atoms with van der Waals surface area (Å²) in [5.41, 5.74) is 3.89. The van der Waals surface area contributed by atoms with E-state index in [0.29, 0.717) is 0 Å². The molecule has 19 heavy (non-hydrogen) atoms. The molecule has 0 saturated carbocycles. The normalized spacial score (nSPS) is 10.3. The van der Waals surface area contributed by atoms with Crippen molar-refractivity contribution in [3.8, 4) is 5.75 Å². The summed E-state index contributed by atoms with van der Waals surface area (Å²) in [6, 6.07) is 13.6. The average molecular weight is 254 g/mol. The summed E-state index contributed by atoms with van der Waals surface area (Å²) in [4.78, 5) is 12.1. The first kappa shape index (κ1) is 13.3. The van der Waals surface area contributed by atoms with Gasteiger partial charge >= 0.3 is 0 Å². The van der Waals surface area contributed by atoms with Crippen molar-refractivity contribution in [3.05, 3.63) is 64.7 Å². The van der Waals surface area contributed by atoms with E-state index in [4.69, 9.17) is 4.74 Å². The Bertz CT molecular complexity index is 600. The van der Waals surface area contributed by atoms with Crippen molar-refractivity contribution in [1.82, 2.24) is 0 Å². The molecule has 2 rings (SSSR count). The molecular weight excluding hydrogens is 236 g/mol. The topological polar surface area (TPSA) is 26.3 Å². The van der Waals surface area contributed by atoms with E-state index in [9.17, 15) is 4.79 Å². The van der Waals surface area contributed by atoms with E-state index >= 15 is 0 Å². The van der Waals surface area contributed by atoms with Gasteiger partial charge < -0.3 is 4.74 Å². The molecule has 0 radical (unpaired) electrons. The van der Waals surface area contributed by atoms with Crippen LogP contribution in [0.4, 0.5) is 0 Å². The number of ether oxygens (including phenoxy) is 1. The highest BCUT2D eigenvalue weighted by atomic mass is 16.5. The van der Waals surface area contributed by atoms with Crippen molar-refractivity contribution < 1.29 is 9.53 Å². The number of carbonyl (C=O) groups is 1. The fourth-order valence-electron chi connectivity index (χ4n) is 1.97. The van der Waals surface area contributed by atoms with Gasteiger partial charge in [0, 0.05) is 5.56 Å². The molecule has 2 heteroatoms. The zero-order chi connectivity index (χ0) is 13.8. The molecule has 0 aromatic heterocycles. The third-order valence-corrected chi connectivity index (χ3v) is 3.15. The number of ketones is 1. The van der Waals surface area contributed by atoms with E-state index in [0.717, 1.165) is 28.0 Å². The number of carbonyl (C=O) groups excluding carboxylic acids is 1. The zero-order valence-electron chi connectivity index (χ0n) is 11.6. The lowest BCUT2D eigenvalue weighted by molar-refractivity contribution is 0.0920. The van der Waals surface area contributed by atoms with Crippen LogP contribution in [-0.2, 0) is 0 Å². The second-order valence-corrected chi connectivity index (χ2v) is 4.80. The Hall–Kier alpha value is -2.09. The minimum absolute atomic E-state index is 0.0130. The van der Waals surface area contributed by atoms with Crippen LogP contribution < -0.4 is 4.74 Å². The van der Waals surface area contributed by atoms with Gasteiger partial charge in [0.2, 0.25) is 0 Å². The van der Waals surface area contributed by atoms with Crippen molar-refractivity contribution in [2.24, 2.45) is 0 Å². The Morgan fingerprint density at radius 1 is 1.00 bits per heavy atom. The second-order valence-electron chi connectivity index (χ2n) is 4.80. The van der Waals surface area contributed by atoms with E-state index in [1.165, 1.54) is 0 Å². The van der Waals surface area contributed by atoms with Gasteiger partial charge in [0.15, 0.2) is 12.4 Å². The highest BCUT2D eigenvalue weighted by Crippen LogP contribution is 2.19. The van der Waals surface area contributed by atoms with E-state index in [2.05, 4.69) is 0 Å². The molecular formula is C17H18O2. The molecule has 2 aromatic rings. The molecule has 0 heterocycles. The van der Waals surface area contributed by atoms with Crippen molar-refractivity contribution in [2.45, 2.75) is 20.8 Å². The first-order valence-corrected chi connectivity index (χ1v) is 6.37. The summed E-state index contributed by atoms with van der Waals surface area (Å²) in [5.74, 6) is 0.793. The van der Waals surface area contributed by atoms with Gasteiger partial charge in [0.25, 0.3) is 0 Å². The standard InChI is InChI=1S/C17H18O2/c1-12-8-9-14(3)17(10-12)19-11-16(18)15-7-5-4-6-13(15)2/h4-10H,11H2,1-3H3. The molecule has 0 amide bonds. The highest BCUT2D eigenvalue weighted by Gasteiger charge is 2.10. The van der Waals surface area contributed by atoms with E-state index < -0.39 is 0 Å². The van der Waals surface area contributed by atoms with Gasteiger partial charge in [-0.1, -0.05) is 36.4 Å². The fourth-order valence-corrected chi connectivity index (χ4v) is 1.97. The van der Waals surface area contributed by atoms with Crippen LogP contribution in [0.5, 0.6) is 5.75 Å². The van der Waals surface area contributed by atoms with Gasteiger partial charge in [0.1, 0.15) is 5.75 Å². The molecule has 2 nitrogen and oxygen atoms in total. The lowest BCUT2D eigenvalue weighted by Gasteiger charge is -2.10. The summed E-state index contributed by atoms with van der Waals surface area (Å²) in [5, 5.41) is 0. The fraction of sp³-hybridized carbons (Fsp3) is 0.235. The number of Topliss-reactive ketones (excluding diaryl/α,β-unsaturated/α-hetero) is 1. The molecule has 0 fully saturated rings. The summed E-state index contributed by atoms with van der Waals surface area (Å²) < 4.78 is 5.64. The summed E-state index contributed by atoms with van der Waals surface area (Å²) in [6.07, 6.45) is 0. The highest BCUT2D eigenvalue weighted by molar-refractivity contribution is 5.98. The lowest BCUT2D eigenvalue weighted by Crippen LogP contribution is -2.13. The number of benzene rings is 2. The minimum Gasteiger partial charge on any atom is -0.485 e. The minimum atomic E-state index is 0.0130. The second kappa shape index (κ2) is 5.70. The number of aryl methyl sites for hydroxylation is 3. The summed E-state index contributed by atoms with van der Waals surface area (Å²) >= 11 is 0. The summed E-state index contributed by atoms with van der Waals surface area (Å²) in [7, 11) is 0. The molecule has 0 bridgehead atoms. The maximum absolute atomic E-state index is 12.1. The SMILES string of the molecule is Cc1ccc(C)c(OCC(=O)c2ccccc2C)c1. The molecule has 0 atom stereocenters. The van der Waals surface area contributed by atoms with Gasteiger partial charge in [-0.25, -0.2) is 0 Å². The van der Waals surface area contributed by atoms with E-state index in [-0.39, 0.29) is 12.4 Å². The third kappa shape index (κ3) is 3.22. The zero-order valence-corrected chi connectivity index (χ0v) is 11.6. The maximum Gasteiger partial charge on any atom is 0.200 e. The first-order valence-electron chi connectivity index (χ1n) is 6.37. The molecule has 0 spiro atoms. The van der Waals surface area contributed by atoms with Crippen LogP contribution in [0.2, 0.25) is 0 Å². The van der Waals surface area contributed by atoms with Gasteiger partial charge in [-0.2, -0.15) is 0 Å². The van der Waals surface area contributed by atoms with Gasteiger partial charge in [-0.3, -0.25) is 4.79 Å². The number of hydrogen-bond donors (Lipinski definition) is 0. The van der Waals surface area contributed by atoms with Gasteiger partial charge in [0.05, 0.1) is 0 Å². The van der Waals surface area contributed by atoms with Crippen LogP contribution in [0.25, 0.3) is 0 Å². The molecule has 0 N–H and O–H groups in total. The van der Waals surface area contributed by atoms with Crippen LogP contribution in [0.1, 0.15) is 27.0 Å². The average Bonchev–Trinajstić information content (AvgIpc) is 2.40. The van der Waals surface area contributed by atoms with E-state index in [1.807, 2.05) is 63.2 Å². The molecule has 98 valence electrons. The van der Waals surface area contributed by atoms with Crippen molar-refractivity contribution in [1.29, 1.82) is 0 Å². The van der Waals surface area contributed by atoms with Crippen LogP contribution in [0.3, 0.4) is 0 Å². The lowest BCUT2D eigenvalue weighted by atomic mass is 10.1. The Balaban J connectivity index is 2.09. The van der Waals surface area contributed by atoms with Crippen LogP contribution >= 0.6 is 0 Å². The van der Waals surface area contributed by atoms with Crippen molar-refractivity contribution >= 4 is 5.78 Å². The Kier molecular flexibility index (Phi) is 4.00. The molecule has 0 aliphatic carbocycles. The molecule has 0 aliphatic rings. The monoisotopic (exact) mass is 254 g/mol. The number of hydrogen-bond acceptors (Lipinski definition) is 2. The molecule has 2 aromatic carbocycles. The third-order valence-electron chi connectivity index (χ3n) is 3.15. The van der Waals surface area contributed by atoms with E-state index in [1.54, 1.807) is 0 Å². The van der Waals surface area contributed by atoms with Gasteiger partial charge in [-0.05, 0) is 43.5 Å². The van der Waals surface area contributed by atoms with Crippen LogP contribution in [0, 0.1) is 20.8 Å².